The molecule has 4 rings (SSSR count). The van der Waals surface area contributed by atoms with Gasteiger partial charge >= 0.3 is 0 Å². The SMILES string of the molecule is CCN(CC)CCN(C(=O)c1ccc(S(=O)(=O)N2CCCCC2)cc1)c1nc2c(OC)ccc(C)c2s1.Cl. The number of carbonyl (C=O) groups excluding carboxylic acids is 1. The number of methoxy groups -OCH3 is 1. The first-order valence-corrected chi connectivity index (χ1v) is 15.1. The average molecular weight is 581 g/mol. The Balaban J connectivity index is 0.00000400. The highest BCUT2D eigenvalue weighted by Crippen LogP contribution is 2.37. The first-order chi connectivity index (χ1) is 17.8. The van der Waals surface area contributed by atoms with Crippen LogP contribution in [0.25, 0.3) is 10.2 Å². The minimum atomic E-state index is -3.56. The van der Waals surface area contributed by atoms with Crippen LogP contribution in [0.15, 0.2) is 41.3 Å². The van der Waals surface area contributed by atoms with Crippen molar-refractivity contribution in [2.75, 3.05) is 51.3 Å². The molecule has 38 heavy (non-hydrogen) atoms. The van der Waals surface area contributed by atoms with E-state index in [0.29, 0.717) is 42.6 Å². The molecule has 1 amide bonds. The Bertz CT molecular complexity index is 1340. The summed E-state index contributed by atoms with van der Waals surface area (Å²) in [5.74, 6) is 0.469. The number of ether oxygens (including phenoxy) is 1. The minimum Gasteiger partial charge on any atom is -0.494 e. The summed E-state index contributed by atoms with van der Waals surface area (Å²) < 4.78 is 34.2. The summed E-state index contributed by atoms with van der Waals surface area (Å²) in [6.45, 7) is 10.2. The second kappa shape index (κ2) is 13.2. The molecule has 1 aliphatic rings. The molecule has 8 nitrogen and oxygen atoms in total. The van der Waals surface area contributed by atoms with Gasteiger partial charge in [0.2, 0.25) is 10.0 Å². The van der Waals surface area contributed by atoms with Crippen LogP contribution in [0.3, 0.4) is 0 Å². The van der Waals surface area contributed by atoms with Gasteiger partial charge in [-0.3, -0.25) is 9.69 Å². The zero-order valence-electron chi connectivity index (χ0n) is 22.5. The van der Waals surface area contributed by atoms with Crippen molar-refractivity contribution in [2.24, 2.45) is 0 Å². The lowest BCUT2D eigenvalue weighted by Gasteiger charge is -2.26. The molecular weight excluding hydrogens is 544 g/mol. The van der Waals surface area contributed by atoms with Gasteiger partial charge in [-0.2, -0.15) is 4.31 Å². The number of fused-ring (bicyclic) bond motifs is 1. The van der Waals surface area contributed by atoms with Crippen LogP contribution in [0, 0.1) is 6.92 Å². The van der Waals surface area contributed by atoms with Gasteiger partial charge in [-0.05, 0) is 68.8 Å². The molecule has 1 saturated heterocycles. The molecule has 0 saturated carbocycles. The van der Waals surface area contributed by atoms with E-state index in [1.807, 2.05) is 19.1 Å². The molecule has 0 atom stereocenters. The number of hydrogen-bond acceptors (Lipinski definition) is 7. The molecule has 208 valence electrons. The number of benzene rings is 2. The number of piperidine rings is 1. The third-order valence-corrected chi connectivity index (χ3v) is 10.1. The number of likely N-dealkylation sites (N-methyl/N-ethyl adjacent to an activating group) is 1. The first-order valence-electron chi connectivity index (χ1n) is 12.9. The monoisotopic (exact) mass is 580 g/mol. The van der Waals surface area contributed by atoms with Crippen LogP contribution in [-0.2, 0) is 10.0 Å². The number of aryl methyl sites for hydroxylation is 1. The van der Waals surface area contributed by atoms with Gasteiger partial charge in [0.05, 0.1) is 16.7 Å². The quantitative estimate of drug-likeness (QED) is 0.328. The summed E-state index contributed by atoms with van der Waals surface area (Å²) in [6.07, 6.45) is 2.81. The normalized spacial score (nSPS) is 14.4. The van der Waals surface area contributed by atoms with Crippen LogP contribution in [0.4, 0.5) is 5.13 Å². The molecule has 0 spiro atoms. The average Bonchev–Trinajstić information content (AvgIpc) is 3.38. The number of carbonyl (C=O) groups is 1. The number of sulfonamides is 1. The highest BCUT2D eigenvalue weighted by molar-refractivity contribution is 7.89. The molecule has 11 heteroatoms. The number of rotatable bonds is 10. The van der Waals surface area contributed by atoms with Crippen LogP contribution in [0.2, 0.25) is 0 Å². The Kier molecular flexibility index (Phi) is 10.5. The van der Waals surface area contributed by atoms with Crippen molar-refractivity contribution >= 4 is 55.0 Å². The van der Waals surface area contributed by atoms with Crippen molar-refractivity contribution in [3.63, 3.8) is 0 Å². The Morgan fingerprint density at radius 1 is 1.03 bits per heavy atom. The molecule has 1 aromatic heterocycles. The zero-order chi connectivity index (χ0) is 26.6. The molecule has 1 aliphatic heterocycles. The topological polar surface area (TPSA) is 83.1 Å². The second-order valence-electron chi connectivity index (χ2n) is 9.23. The van der Waals surface area contributed by atoms with Gasteiger partial charge in [-0.25, -0.2) is 13.4 Å². The Morgan fingerprint density at radius 2 is 1.68 bits per heavy atom. The fourth-order valence-corrected chi connectivity index (χ4v) is 7.22. The molecule has 1 fully saturated rings. The highest BCUT2D eigenvalue weighted by atomic mass is 35.5. The van der Waals surface area contributed by atoms with E-state index in [2.05, 4.69) is 18.7 Å². The molecule has 2 aromatic carbocycles. The predicted octanol–water partition coefficient (Wildman–Crippen LogP) is 5.20. The fraction of sp³-hybridized carbons (Fsp3) is 0.481. The van der Waals surface area contributed by atoms with Gasteiger partial charge in [0.15, 0.2) is 5.13 Å². The van der Waals surface area contributed by atoms with Crippen LogP contribution in [0.1, 0.15) is 49.0 Å². The van der Waals surface area contributed by atoms with Crippen molar-refractivity contribution in [2.45, 2.75) is 44.9 Å². The van der Waals surface area contributed by atoms with Gasteiger partial charge < -0.3 is 9.64 Å². The Hall–Kier alpha value is -2.24. The molecular formula is C27H37ClN4O4S2. The molecule has 0 bridgehead atoms. The number of aromatic nitrogens is 1. The van der Waals surface area contributed by atoms with Crippen molar-refractivity contribution < 1.29 is 17.9 Å². The van der Waals surface area contributed by atoms with Crippen LogP contribution in [-0.4, -0.2) is 74.9 Å². The molecule has 3 aromatic rings. The third kappa shape index (κ3) is 6.31. The lowest BCUT2D eigenvalue weighted by molar-refractivity contribution is 0.0983. The van der Waals surface area contributed by atoms with Gasteiger partial charge in [0.1, 0.15) is 11.3 Å². The van der Waals surface area contributed by atoms with Crippen molar-refractivity contribution in [3.05, 3.63) is 47.5 Å². The molecule has 0 unspecified atom stereocenters. The van der Waals surface area contributed by atoms with Crippen LogP contribution >= 0.6 is 23.7 Å². The smallest absolute Gasteiger partial charge is 0.260 e. The molecule has 0 N–H and O–H groups in total. The zero-order valence-corrected chi connectivity index (χ0v) is 24.9. The van der Waals surface area contributed by atoms with Crippen molar-refractivity contribution in [1.82, 2.24) is 14.2 Å². The summed E-state index contributed by atoms with van der Waals surface area (Å²) in [5.41, 5.74) is 2.24. The highest BCUT2D eigenvalue weighted by Gasteiger charge is 2.27. The van der Waals surface area contributed by atoms with Gasteiger partial charge in [-0.15, -0.1) is 12.4 Å². The van der Waals surface area contributed by atoms with E-state index in [9.17, 15) is 13.2 Å². The standard InChI is InChI=1S/C27H36N4O4S2.ClH/c1-5-29(6-2)18-19-31(27-28-24-23(35-4)15-10-20(3)25(24)36-27)26(32)21-11-13-22(14-12-21)37(33,34)30-16-8-7-9-17-30;/h10-15H,5-9,16-19H2,1-4H3;1H. The predicted molar refractivity (Wildman–Crippen MR) is 157 cm³/mol. The maximum absolute atomic E-state index is 13.8. The Labute approximate surface area is 236 Å². The summed E-state index contributed by atoms with van der Waals surface area (Å²) in [6, 6.07) is 10.2. The summed E-state index contributed by atoms with van der Waals surface area (Å²) in [5, 5.41) is 0.602. The van der Waals surface area contributed by atoms with Crippen molar-refractivity contribution in [1.29, 1.82) is 0 Å². The number of nitrogens with zero attached hydrogens (tertiary/aromatic N) is 4. The third-order valence-electron chi connectivity index (χ3n) is 6.98. The summed E-state index contributed by atoms with van der Waals surface area (Å²) >= 11 is 1.47. The second-order valence-corrected chi connectivity index (χ2v) is 12.1. The maximum atomic E-state index is 13.8. The number of thiazole rings is 1. The lowest BCUT2D eigenvalue weighted by atomic mass is 10.2. The van der Waals surface area contributed by atoms with E-state index < -0.39 is 10.0 Å². The van der Waals surface area contributed by atoms with E-state index in [4.69, 9.17) is 9.72 Å². The number of hydrogen-bond donors (Lipinski definition) is 0. The largest absolute Gasteiger partial charge is 0.494 e. The van der Waals surface area contributed by atoms with E-state index in [1.165, 1.54) is 11.3 Å². The first kappa shape index (κ1) is 30.3. The number of amides is 1. The van der Waals surface area contributed by atoms with Crippen LogP contribution in [0.5, 0.6) is 5.75 Å². The van der Waals surface area contributed by atoms with Crippen molar-refractivity contribution in [3.8, 4) is 5.75 Å². The molecule has 0 aliphatic carbocycles. The molecule has 0 radical (unpaired) electrons. The number of halogens is 1. The maximum Gasteiger partial charge on any atom is 0.260 e. The van der Waals surface area contributed by atoms with E-state index in [0.717, 1.165) is 48.1 Å². The fourth-order valence-electron chi connectivity index (χ4n) is 4.62. The minimum absolute atomic E-state index is 0. The summed E-state index contributed by atoms with van der Waals surface area (Å²) in [7, 11) is -1.94. The molecule has 2 heterocycles. The van der Waals surface area contributed by atoms with E-state index in [1.54, 1.807) is 40.6 Å². The lowest BCUT2D eigenvalue weighted by Crippen LogP contribution is -2.39. The van der Waals surface area contributed by atoms with Gasteiger partial charge in [0.25, 0.3) is 5.91 Å². The Morgan fingerprint density at radius 3 is 2.29 bits per heavy atom. The van der Waals surface area contributed by atoms with Crippen LogP contribution < -0.4 is 9.64 Å². The number of anilines is 1. The van der Waals surface area contributed by atoms with Gasteiger partial charge in [-0.1, -0.05) is 37.7 Å². The van der Waals surface area contributed by atoms with Gasteiger partial charge in [0, 0.05) is 31.7 Å². The van der Waals surface area contributed by atoms with E-state index >= 15 is 0 Å². The summed E-state index contributed by atoms with van der Waals surface area (Å²) in [4.78, 5) is 22.8. The van der Waals surface area contributed by atoms with E-state index in [-0.39, 0.29) is 23.2 Å².